The van der Waals surface area contributed by atoms with Crippen LogP contribution in [-0.4, -0.2) is 17.1 Å². The van der Waals surface area contributed by atoms with E-state index in [2.05, 4.69) is 0 Å². The number of rotatable bonds is 1. The number of hydrogen-bond acceptors (Lipinski definition) is 2. The fourth-order valence-corrected chi connectivity index (χ4v) is 0. The second-order valence-corrected chi connectivity index (χ2v) is 4.45. The molecular weight excluding hydrogens is 348 g/mol. The Morgan fingerprint density at radius 2 is 1.89 bits per heavy atom. The second-order valence-electron chi connectivity index (χ2n) is 1.17. The van der Waals surface area contributed by atoms with Gasteiger partial charge in [0.15, 0.2) is 0 Å². The number of carbonyl (C=O) groups is 1. The Balaban J connectivity index is 0. The van der Waals surface area contributed by atoms with Gasteiger partial charge in [-0.25, -0.2) is 0 Å². The third-order valence-corrected chi connectivity index (χ3v) is 0.390. The van der Waals surface area contributed by atoms with Crippen LogP contribution >= 0.6 is 18.8 Å². The molecule has 0 fully saturated rings. The molecule has 3 nitrogen and oxygen atoms in total. The first kappa shape index (κ1) is 12.4. The summed E-state index contributed by atoms with van der Waals surface area (Å²) < 4.78 is 0. The molecule has 0 saturated heterocycles. The van der Waals surface area contributed by atoms with Gasteiger partial charge in [0.2, 0.25) is 0 Å². The number of halogens is 2. The first-order valence-corrected chi connectivity index (χ1v) is 7.50. The van der Waals surface area contributed by atoms with Crippen LogP contribution in [0.5, 0.6) is 0 Å². The minimum absolute atomic E-state index is 0.472. The van der Waals surface area contributed by atoms with Crippen molar-refractivity contribution in [1.82, 2.24) is 0 Å². The molecule has 60 valence electrons. The number of carboxylic acids is 1. The van der Waals surface area contributed by atoms with Crippen LogP contribution in [0.3, 0.4) is 0 Å². The van der Waals surface area contributed by atoms with Gasteiger partial charge in [0.1, 0.15) is 6.04 Å². The van der Waals surface area contributed by atoms with Crippen molar-refractivity contribution in [3.63, 3.8) is 0 Å². The van der Waals surface area contributed by atoms with E-state index < -0.39 is 28.5 Å². The molecule has 0 rings (SSSR count). The molecule has 3 N–H and O–H groups in total. The maximum atomic E-state index is 9.57. The zero-order valence-corrected chi connectivity index (χ0v) is 8.37. The fourth-order valence-electron chi connectivity index (χ4n) is 0. The number of carboxylic acid groups (broad SMARTS) is 1. The standard InChI is InChI=1S/C3H7NO2.2ClH.Pt/c1-2(4)3(5)6;;;/h2H,4H2,1H3,(H,5,6);2*1H;/q;;;+2/p-2. The minimum atomic E-state index is -0.963. The van der Waals surface area contributed by atoms with Gasteiger partial charge < -0.3 is 10.8 Å². The average Bonchev–Trinajstić information content (AvgIpc) is 1.68. The summed E-state index contributed by atoms with van der Waals surface area (Å²) in [7, 11) is 9.75. The molecule has 0 spiro atoms. The van der Waals surface area contributed by atoms with Gasteiger partial charge in [-0.1, -0.05) is 0 Å². The van der Waals surface area contributed by atoms with Crippen molar-refractivity contribution in [2.24, 2.45) is 5.73 Å². The Morgan fingerprint density at radius 3 is 1.89 bits per heavy atom. The molecule has 1 unspecified atom stereocenters. The molecule has 0 radical (unpaired) electrons. The predicted molar refractivity (Wildman–Crippen MR) is 33.0 cm³/mol. The van der Waals surface area contributed by atoms with Crippen LogP contribution in [0.2, 0.25) is 0 Å². The zero-order valence-electron chi connectivity index (χ0n) is 4.58. The normalized spacial score (nSPS) is 11.6. The van der Waals surface area contributed by atoms with Gasteiger partial charge in [-0.2, -0.15) is 0 Å². The summed E-state index contributed by atoms with van der Waals surface area (Å²) in [6.07, 6.45) is 0. The quantitative estimate of drug-likeness (QED) is 0.732. The third-order valence-electron chi connectivity index (χ3n) is 0.390. The molecule has 1 atom stereocenters. The Bertz CT molecular complexity index is 80.2. The molecule has 0 aromatic heterocycles. The molecule has 0 saturated carbocycles. The molecule has 0 bridgehead atoms. The van der Waals surface area contributed by atoms with E-state index in [1.54, 1.807) is 0 Å². The number of hydrogen-bond donors (Lipinski definition) is 2. The van der Waals surface area contributed by atoms with Crippen molar-refractivity contribution in [2.45, 2.75) is 13.0 Å². The molecule has 0 aliphatic carbocycles. The van der Waals surface area contributed by atoms with Crippen molar-refractivity contribution >= 4 is 24.8 Å². The molecule has 0 heterocycles. The summed E-state index contributed by atoms with van der Waals surface area (Å²) in [5.74, 6) is -0.963. The van der Waals surface area contributed by atoms with E-state index in [0.29, 0.717) is 0 Å². The first-order chi connectivity index (χ1) is 4.06. The van der Waals surface area contributed by atoms with Gasteiger partial charge in [0.05, 0.1) is 0 Å². The van der Waals surface area contributed by atoms with Gasteiger partial charge in [0.25, 0.3) is 0 Å². The van der Waals surface area contributed by atoms with Crippen molar-refractivity contribution in [3.8, 4) is 0 Å². The Labute approximate surface area is 69.9 Å². The van der Waals surface area contributed by atoms with Crippen molar-refractivity contribution in [1.29, 1.82) is 0 Å². The predicted octanol–water partition coefficient (Wildman–Crippen LogP) is 0.795. The van der Waals surface area contributed by atoms with Crippen LogP contribution in [0.25, 0.3) is 0 Å². The number of aliphatic carboxylic acids is 1. The molecule has 0 aromatic rings. The van der Waals surface area contributed by atoms with E-state index in [4.69, 9.17) is 29.7 Å². The van der Waals surface area contributed by atoms with E-state index in [1.807, 2.05) is 0 Å². The molecule has 9 heavy (non-hydrogen) atoms. The molecule has 0 aliphatic rings. The summed E-state index contributed by atoms with van der Waals surface area (Å²) in [5.41, 5.74) is 4.84. The summed E-state index contributed by atoms with van der Waals surface area (Å²) in [5, 5.41) is 7.87. The Morgan fingerprint density at radius 1 is 1.78 bits per heavy atom. The Hall–Kier alpha value is 0.698. The van der Waals surface area contributed by atoms with E-state index >= 15 is 0 Å². The summed E-state index contributed by atoms with van der Waals surface area (Å²) in [4.78, 5) is 9.57. The summed E-state index contributed by atoms with van der Waals surface area (Å²) in [6.45, 7) is 1.42. The zero-order chi connectivity index (χ0) is 7.86. The SMILES string of the molecule is CC(N)C(=O)O.[Cl][Pt][Cl]. The Kier molecular flexibility index (Phi) is 12.0. The first-order valence-electron chi connectivity index (χ1n) is 1.87. The summed E-state index contributed by atoms with van der Waals surface area (Å²) in [6, 6.07) is -0.731. The molecule has 0 amide bonds. The van der Waals surface area contributed by atoms with Crippen molar-refractivity contribution in [3.05, 3.63) is 0 Å². The van der Waals surface area contributed by atoms with Crippen LogP contribution in [0.1, 0.15) is 6.92 Å². The number of nitrogens with two attached hydrogens (primary N) is 1. The second kappa shape index (κ2) is 8.70. The summed E-state index contributed by atoms with van der Waals surface area (Å²) >= 11 is -0.472. The molecule has 0 aromatic carbocycles. The fraction of sp³-hybridized carbons (Fsp3) is 0.667. The van der Waals surface area contributed by atoms with Crippen LogP contribution in [0.4, 0.5) is 0 Å². The van der Waals surface area contributed by atoms with Crippen LogP contribution in [-0.2, 0) is 21.3 Å². The van der Waals surface area contributed by atoms with E-state index in [0.717, 1.165) is 0 Å². The van der Waals surface area contributed by atoms with Gasteiger partial charge in [-0.3, -0.25) is 4.79 Å². The van der Waals surface area contributed by atoms with Gasteiger partial charge in [0, 0.05) is 0 Å². The van der Waals surface area contributed by atoms with Gasteiger partial charge in [-0.05, 0) is 6.92 Å². The van der Waals surface area contributed by atoms with Crippen molar-refractivity contribution in [2.75, 3.05) is 0 Å². The van der Waals surface area contributed by atoms with Crippen LogP contribution in [0, 0.1) is 0 Å². The topological polar surface area (TPSA) is 63.3 Å². The maximum absolute atomic E-state index is 9.57. The molecule has 6 heteroatoms. The third kappa shape index (κ3) is 17.7. The van der Waals surface area contributed by atoms with E-state index in [-0.39, 0.29) is 0 Å². The molecule has 0 aliphatic heterocycles. The van der Waals surface area contributed by atoms with E-state index in [1.165, 1.54) is 6.92 Å². The van der Waals surface area contributed by atoms with Crippen LogP contribution in [0.15, 0.2) is 0 Å². The van der Waals surface area contributed by atoms with Gasteiger partial charge in [-0.15, -0.1) is 0 Å². The average molecular weight is 355 g/mol. The molecular formula is C3H7Cl2NO2Pt. The van der Waals surface area contributed by atoms with Crippen molar-refractivity contribution < 1.29 is 26.4 Å². The van der Waals surface area contributed by atoms with Crippen LogP contribution < -0.4 is 5.73 Å². The van der Waals surface area contributed by atoms with E-state index in [9.17, 15) is 4.79 Å². The van der Waals surface area contributed by atoms with Gasteiger partial charge >= 0.3 is 41.3 Å². The monoisotopic (exact) mass is 354 g/mol.